The van der Waals surface area contributed by atoms with Gasteiger partial charge in [0, 0.05) is 17.6 Å². The van der Waals surface area contributed by atoms with E-state index in [1.807, 2.05) is 18.2 Å². The van der Waals surface area contributed by atoms with Crippen molar-refractivity contribution < 1.29 is 9.53 Å². The van der Waals surface area contributed by atoms with Gasteiger partial charge < -0.3 is 15.0 Å². The van der Waals surface area contributed by atoms with Crippen molar-refractivity contribution in [2.45, 2.75) is 12.8 Å². The molecule has 0 atom stereocenters. The summed E-state index contributed by atoms with van der Waals surface area (Å²) >= 11 is 3.38. The third-order valence-corrected chi connectivity index (χ3v) is 4.01. The van der Waals surface area contributed by atoms with E-state index in [1.165, 1.54) is 0 Å². The summed E-state index contributed by atoms with van der Waals surface area (Å²) < 4.78 is 6.72. The van der Waals surface area contributed by atoms with Gasteiger partial charge in [-0.15, -0.1) is 0 Å². The van der Waals surface area contributed by atoms with Gasteiger partial charge in [-0.05, 0) is 43.7 Å². The lowest BCUT2D eigenvalue weighted by molar-refractivity contribution is -0.115. The van der Waals surface area contributed by atoms with Crippen LogP contribution in [0, 0.1) is 0 Å². The molecule has 0 unspecified atom stereocenters. The van der Waals surface area contributed by atoms with E-state index in [0.29, 0.717) is 11.5 Å². The number of hydrogen-bond donors (Lipinski definition) is 1. The van der Waals surface area contributed by atoms with Crippen molar-refractivity contribution in [2.24, 2.45) is 0 Å². The molecule has 5 heteroatoms. The van der Waals surface area contributed by atoms with Crippen molar-refractivity contribution in [2.75, 3.05) is 25.5 Å². The average molecular weight is 323 g/mol. The number of piperidine rings is 1. The molecule has 19 heavy (non-hydrogen) atoms. The Morgan fingerprint density at radius 1 is 1.32 bits per heavy atom. The molecule has 1 fully saturated rings. The monoisotopic (exact) mass is 322 g/mol. The number of hydrogen-bond acceptors (Lipinski definition) is 3. The van der Waals surface area contributed by atoms with Gasteiger partial charge in [-0.1, -0.05) is 15.9 Å². The number of ether oxygens (including phenoxy) is 1. The number of anilines is 1. The summed E-state index contributed by atoms with van der Waals surface area (Å²) in [4.78, 5) is 14.4. The predicted octanol–water partition coefficient (Wildman–Crippen LogP) is 2.76. The molecule has 0 bridgehead atoms. The van der Waals surface area contributed by atoms with E-state index in [9.17, 15) is 4.79 Å². The number of halogens is 1. The topological polar surface area (TPSA) is 41.6 Å². The lowest BCUT2D eigenvalue weighted by atomic mass is 10.0. The summed E-state index contributed by atoms with van der Waals surface area (Å²) in [6.45, 7) is 1.95. The highest BCUT2D eigenvalue weighted by atomic mass is 79.9. The summed E-state index contributed by atoms with van der Waals surface area (Å²) in [5, 5.41) is 2.89. The van der Waals surface area contributed by atoms with Crippen molar-refractivity contribution in [3.8, 4) is 5.75 Å². The van der Waals surface area contributed by atoms with E-state index in [4.69, 9.17) is 4.74 Å². The summed E-state index contributed by atoms with van der Waals surface area (Å²) in [5.41, 5.74) is 1.83. The van der Waals surface area contributed by atoms with Crippen LogP contribution in [-0.2, 0) is 4.79 Å². The zero-order valence-corrected chi connectivity index (χ0v) is 12.3. The molecule has 2 heterocycles. The molecule has 1 aromatic rings. The van der Waals surface area contributed by atoms with Crippen LogP contribution >= 0.6 is 15.9 Å². The largest absolute Gasteiger partial charge is 0.449 e. The van der Waals surface area contributed by atoms with E-state index in [-0.39, 0.29) is 5.91 Å². The lowest BCUT2D eigenvalue weighted by Gasteiger charge is -2.28. The number of nitrogens with zero attached hydrogens (tertiary/aromatic N) is 1. The minimum Gasteiger partial charge on any atom is -0.449 e. The van der Waals surface area contributed by atoms with Crippen LogP contribution in [-0.4, -0.2) is 30.9 Å². The van der Waals surface area contributed by atoms with E-state index >= 15 is 0 Å². The maximum Gasteiger partial charge on any atom is 0.291 e. The Labute approximate surface area is 120 Å². The minimum atomic E-state index is -0.134. The Bertz CT molecular complexity index is 559. The van der Waals surface area contributed by atoms with Gasteiger partial charge in [0.15, 0.2) is 11.5 Å². The third kappa shape index (κ3) is 2.53. The summed E-state index contributed by atoms with van der Waals surface area (Å²) in [7, 11) is 2.09. The van der Waals surface area contributed by atoms with Crippen LogP contribution in [0.3, 0.4) is 0 Å². The van der Waals surface area contributed by atoms with Gasteiger partial charge in [-0.3, -0.25) is 4.79 Å². The number of fused-ring (bicyclic) bond motifs is 1. The van der Waals surface area contributed by atoms with Crippen molar-refractivity contribution in [3.05, 3.63) is 34.0 Å². The van der Waals surface area contributed by atoms with Gasteiger partial charge in [0.25, 0.3) is 5.91 Å². The molecule has 2 aliphatic heterocycles. The molecular weight excluding hydrogens is 308 g/mol. The first kappa shape index (κ1) is 12.7. The van der Waals surface area contributed by atoms with E-state index in [1.54, 1.807) is 0 Å². The second-order valence-electron chi connectivity index (χ2n) is 4.93. The molecule has 0 aromatic heterocycles. The van der Waals surface area contributed by atoms with Crippen LogP contribution in [0.25, 0.3) is 0 Å². The molecule has 0 saturated carbocycles. The zero-order chi connectivity index (χ0) is 13.4. The molecule has 1 amide bonds. The first-order valence-corrected chi connectivity index (χ1v) is 7.12. The molecule has 1 aromatic carbocycles. The zero-order valence-electron chi connectivity index (χ0n) is 10.7. The third-order valence-electron chi connectivity index (χ3n) is 3.52. The van der Waals surface area contributed by atoms with Gasteiger partial charge in [-0.25, -0.2) is 0 Å². The summed E-state index contributed by atoms with van der Waals surface area (Å²) in [6.07, 6.45) is 1.79. The van der Waals surface area contributed by atoms with Crippen LogP contribution in [0.15, 0.2) is 34.0 Å². The van der Waals surface area contributed by atoms with E-state index in [0.717, 1.165) is 41.7 Å². The molecule has 3 rings (SSSR count). The molecule has 100 valence electrons. The quantitative estimate of drug-likeness (QED) is 0.747. The number of nitrogens with one attached hydrogen (secondary N) is 1. The van der Waals surface area contributed by atoms with Crippen LogP contribution in [0.1, 0.15) is 12.8 Å². The van der Waals surface area contributed by atoms with Gasteiger partial charge in [0.05, 0.1) is 5.69 Å². The van der Waals surface area contributed by atoms with Crippen LogP contribution < -0.4 is 10.1 Å². The second-order valence-corrected chi connectivity index (χ2v) is 5.85. The van der Waals surface area contributed by atoms with Crippen LogP contribution in [0.4, 0.5) is 5.69 Å². The predicted molar refractivity (Wildman–Crippen MR) is 77.2 cm³/mol. The average Bonchev–Trinajstić information content (AvgIpc) is 2.39. The molecular formula is C14H15BrN2O2. The summed E-state index contributed by atoms with van der Waals surface area (Å²) in [6, 6.07) is 5.63. The lowest BCUT2D eigenvalue weighted by Crippen LogP contribution is -2.31. The van der Waals surface area contributed by atoms with Gasteiger partial charge in [0.2, 0.25) is 0 Å². The number of carbonyl (C=O) groups excluding carboxylic acids is 1. The van der Waals surface area contributed by atoms with Crippen molar-refractivity contribution >= 4 is 27.5 Å². The maximum atomic E-state index is 12.1. The van der Waals surface area contributed by atoms with Crippen molar-refractivity contribution in [3.63, 3.8) is 0 Å². The standard InChI is InChI=1S/C14H15BrN2O2/c1-17-6-4-9(5-7-17)13-14(18)16-11-8-10(15)2-3-12(11)19-13/h2-3,8H,4-7H2,1H3,(H,16,18). The fraction of sp³-hybridized carbons (Fsp3) is 0.357. The number of carbonyl (C=O) groups is 1. The Morgan fingerprint density at radius 3 is 2.79 bits per heavy atom. The maximum absolute atomic E-state index is 12.1. The smallest absolute Gasteiger partial charge is 0.291 e. The molecule has 0 aliphatic carbocycles. The number of likely N-dealkylation sites (tertiary alicyclic amines) is 1. The Balaban J connectivity index is 1.91. The SMILES string of the molecule is CN1CCC(=C2Oc3ccc(Br)cc3NC2=O)CC1. The van der Waals surface area contributed by atoms with E-state index in [2.05, 4.69) is 33.2 Å². The number of rotatable bonds is 0. The first-order valence-electron chi connectivity index (χ1n) is 6.33. The van der Waals surface area contributed by atoms with Gasteiger partial charge in [0.1, 0.15) is 0 Å². The minimum absolute atomic E-state index is 0.134. The van der Waals surface area contributed by atoms with Crippen molar-refractivity contribution in [1.82, 2.24) is 4.90 Å². The second kappa shape index (κ2) is 4.98. The van der Waals surface area contributed by atoms with E-state index < -0.39 is 0 Å². The first-order chi connectivity index (χ1) is 9.13. The molecule has 2 aliphatic rings. The van der Waals surface area contributed by atoms with Gasteiger partial charge in [-0.2, -0.15) is 0 Å². The van der Waals surface area contributed by atoms with Crippen LogP contribution in [0.5, 0.6) is 5.75 Å². The highest BCUT2D eigenvalue weighted by Gasteiger charge is 2.26. The Kier molecular flexibility index (Phi) is 3.33. The molecule has 0 spiro atoms. The molecule has 1 N–H and O–H groups in total. The Morgan fingerprint density at radius 2 is 2.05 bits per heavy atom. The van der Waals surface area contributed by atoms with Crippen molar-refractivity contribution in [1.29, 1.82) is 0 Å². The highest BCUT2D eigenvalue weighted by molar-refractivity contribution is 9.10. The molecule has 4 nitrogen and oxygen atoms in total. The highest BCUT2D eigenvalue weighted by Crippen LogP contribution is 2.35. The molecule has 1 saturated heterocycles. The summed E-state index contributed by atoms with van der Waals surface area (Å²) in [5.74, 6) is 1.07. The molecule has 0 radical (unpaired) electrons. The Hall–Kier alpha value is -1.33. The number of amides is 1. The normalized spacial score (nSPS) is 19.8. The van der Waals surface area contributed by atoms with Crippen LogP contribution in [0.2, 0.25) is 0 Å². The van der Waals surface area contributed by atoms with Gasteiger partial charge >= 0.3 is 0 Å². The number of benzene rings is 1. The fourth-order valence-corrected chi connectivity index (χ4v) is 2.73. The fourth-order valence-electron chi connectivity index (χ4n) is 2.37.